The van der Waals surface area contributed by atoms with E-state index in [0.717, 1.165) is 25.0 Å². The summed E-state index contributed by atoms with van der Waals surface area (Å²) in [5.41, 5.74) is -0.136. The molecule has 6 heteroatoms. The Kier molecular flexibility index (Phi) is 4.42. The van der Waals surface area contributed by atoms with E-state index in [4.69, 9.17) is 4.52 Å². The second-order valence-electron chi connectivity index (χ2n) is 5.53. The molecule has 0 bridgehead atoms. The normalized spacial score (nSPS) is 17.6. The average molecular weight is 280 g/mol. The second-order valence-corrected chi connectivity index (χ2v) is 5.53. The number of hydrogen-bond acceptors (Lipinski definition) is 4. The number of hydrogen-bond donors (Lipinski definition) is 2. The molecule has 2 N–H and O–H groups in total. The minimum Gasteiger partial charge on any atom is -0.481 e. The summed E-state index contributed by atoms with van der Waals surface area (Å²) >= 11 is 0. The number of carboxylic acid groups (broad SMARTS) is 1. The summed E-state index contributed by atoms with van der Waals surface area (Å²) in [5, 5.41) is 15.9. The maximum atomic E-state index is 12.0. The van der Waals surface area contributed by atoms with Gasteiger partial charge in [0.2, 0.25) is 5.91 Å². The van der Waals surface area contributed by atoms with Crippen LogP contribution < -0.4 is 5.32 Å². The van der Waals surface area contributed by atoms with Gasteiger partial charge in [-0.25, -0.2) is 0 Å². The summed E-state index contributed by atoms with van der Waals surface area (Å²) in [6.07, 6.45) is 4.00. The molecule has 110 valence electrons. The van der Waals surface area contributed by atoms with E-state index in [1.165, 1.54) is 0 Å². The number of carboxylic acids is 1. The van der Waals surface area contributed by atoms with Gasteiger partial charge in [-0.2, -0.15) is 0 Å². The van der Waals surface area contributed by atoms with Gasteiger partial charge in [-0.05, 0) is 19.8 Å². The van der Waals surface area contributed by atoms with Crippen LogP contribution in [-0.4, -0.2) is 22.1 Å². The Morgan fingerprint density at radius 1 is 1.40 bits per heavy atom. The van der Waals surface area contributed by atoms with Crippen molar-refractivity contribution in [1.29, 1.82) is 0 Å². The number of carbonyl (C=O) groups is 2. The van der Waals surface area contributed by atoms with Crippen molar-refractivity contribution in [3.63, 3.8) is 0 Å². The van der Waals surface area contributed by atoms with Gasteiger partial charge in [-0.15, -0.1) is 0 Å². The van der Waals surface area contributed by atoms with Crippen LogP contribution in [0.3, 0.4) is 0 Å². The summed E-state index contributed by atoms with van der Waals surface area (Å²) in [7, 11) is 0. The molecule has 0 aliphatic heterocycles. The molecular weight excluding hydrogens is 260 g/mol. The van der Waals surface area contributed by atoms with Crippen LogP contribution >= 0.6 is 0 Å². The van der Waals surface area contributed by atoms with Gasteiger partial charge in [-0.1, -0.05) is 24.4 Å². The van der Waals surface area contributed by atoms with Crippen LogP contribution in [0.15, 0.2) is 10.6 Å². The third-order valence-corrected chi connectivity index (χ3v) is 3.90. The lowest BCUT2D eigenvalue weighted by molar-refractivity contribution is -0.154. The van der Waals surface area contributed by atoms with Crippen molar-refractivity contribution in [2.24, 2.45) is 5.41 Å². The number of carbonyl (C=O) groups excluding carboxylic acids is 1. The molecule has 6 nitrogen and oxygen atoms in total. The van der Waals surface area contributed by atoms with Gasteiger partial charge in [0, 0.05) is 12.5 Å². The highest BCUT2D eigenvalue weighted by Crippen LogP contribution is 2.39. The first kappa shape index (κ1) is 14.6. The highest BCUT2D eigenvalue weighted by atomic mass is 16.5. The summed E-state index contributed by atoms with van der Waals surface area (Å²) < 4.78 is 5.00. The van der Waals surface area contributed by atoms with Crippen LogP contribution in [0.1, 0.15) is 50.0 Å². The summed E-state index contributed by atoms with van der Waals surface area (Å²) in [5.74, 6) is -0.532. The van der Waals surface area contributed by atoms with Crippen molar-refractivity contribution < 1.29 is 19.2 Å². The standard InChI is InChI=1S/C14H20N2O4/c1-10-7-11(20-16-10)9-15-12(17)8-14(13(18)19)5-3-2-4-6-14/h7H,2-6,8-9H2,1H3,(H,15,17)(H,18,19). The molecule has 1 aromatic rings. The fraction of sp³-hybridized carbons (Fsp3) is 0.643. The van der Waals surface area contributed by atoms with Crippen LogP contribution in [0.2, 0.25) is 0 Å². The van der Waals surface area contributed by atoms with Crippen LogP contribution in [0, 0.1) is 12.3 Å². The van der Waals surface area contributed by atoms with Gasteiger partial charge >= 0.3 is 5.97 Å². The summed E-state index contributed by atoms with van der Waals surface area (Å²) in [6, 6.07) is 1.74. The first-order chi connectivity index (χ1) is 9.52. The van der Waals surface area contributed by atoms with Crippen LogP contribution in [0.4, 0.5) is 0 Å². The molecule has 1 aromatic heterocycles. The van der Waals surface area contributed by atoms with E-state index < -0.39 is 11.4 Å². The van der Waals surface area contributed by atoms with Crippen molar-refractivity contribution >= 4 is 11.9 Å². The smallest absolute Gasteiger partial charge is 0.310 e. The predicted octanol–water partition coefficient (Wildman–Crippen LogP) is 2.02. The largest absolute Gasteiger partial charge is 0.481 e. The average Bonchev–Trinajstić information content (AvgIpc) is 2.83. The molecule has 0 saturated heterocycles. The molecule has 1 fully saturated rings. The first-order valence-corrected chi connectivity index (χ1v) is 6.94. The highest BCUT2D eigenvalue weighted by molar-refractivity contribution is 5.85. The fourth-order valence-electron chi connectivity index (χ4n) is 2.75. The molecule has 1 aliphatic rings. The van der Waals surface area contributed by atoms with Gasteiger partial charge in [0.25, 0.3) is 0 Å². The van der Waals surface area contributed by atoms with Gasteiger partial charge in [0.05, 0.1) is 17.7 Å². The number of rotatable bonds is 5. The Bertz CT molecular complexity index is 489. The van der Waals surface area contributed by atoms with Crippen LogP contribution in [0.5, 0.6) is 0 Å². The number of nitrogens with one attached hydrogen (secondary N) is 1. The van der Waals surface area contributed by atoms with E-state index in [0.29, 0.717) is 18.6 Å². The van der Waals surface area contributed by atoms with Gasteiger partial charge in [0.15, 0.2) is 5.76 Å². The van der Waals surface area contributed by atoms with E-state index in [2.05, 4.69) is 10.5 Å². The third kappa shape index (κ3) is 3.37. The maximum Gasteiger partial charge on any atom is 0.310 e. The van der Waals surface area contributed by atoms with Gasteiger partial charge in [0.1, 0.15) is 0 Å². The number of amides is 1. The molecule has 0 radical (unpaired) electrons. The number of aromatic nitrogens is 1. The zero-order valence-electron chi connectivity index (χ0n) is 11.6. The minimum absolute atomic E-state index is 0.0372. The summed E-state index contributed by atoms with van der Waals surface area (Å²) in [6.45, 7) is 2.05. The Labute approximate surface area is 117 Å². The number of nitrogens with zero attached hydrogens (tertiary/aromatic N) is 1. The zero-order valence-corrected chi connectivity index (χ0v) is 11.6. The molecular formula is C14H20N2O4. The molecule has 1 aliphatic carbocycles. The molecule has 1 heterocycles. The van der Waals surface area contributed by atoms with Gasteiger partial charge in [-0.3, -0.25) is 9.59 Å². The van der Waals surface area contributed by atoms with E-state index in [9.17, 15) is 14.7 Å². The summed E-state index contributed by atoms with van der Waals surface area (Å²) in [4.78, 5) is 23.4. The topological polar surface area (TPSA) is 92.4 Å². The number of aryl methyl sites for hydroxylation is 1. The maximum absolute atomic E-state index is 12.0. The predicted molar refractivity (Wildman–Crippen MR) is 70.9 cm³/mol. The van der Waals surface area contributed by atoms with Crippen molar-refractivity contribution in [1.82, 2.24) is 10.5 Å². The highest BCUT2D eigenvalue weighted by Gasteiger charge is 2.41. The third-order valence-electron chi connectivity index (χ3n) is 3.90. The van der Waals surface area contributed by atoms with E-state index in [1.54, 1.807) is 13.0 Å². The lowest BCUT2D eigenvalue weighted by Crippen LogP contribution is -2.39. The Morgan fingerprint density at radius 3 is 2.65 bits per heavy atom. The second kappa shape index (κ2) is 6.07. The van der Waals surface area contributed by atoms with Crippen molar-refractivity contribution in [2.75, 3.05) is 0 Å². The van der Waals surface area contributed by atoms with E-state index >= 15 is 0 Å². The lowest BCUT2D eigenvalue weighted by atomic mass is 9.71. The molecule has 2 rings (SSSR count). The monoisotopic (exact) mass is 280 g/mol. The van der Waals surface area contributed by atoms with E-state index in [1.807, 2.05) is 0 Å². The lowest BCUT2D eigenvalue weighted by Gasteiger charge is -2.32. The molecule has 0 atom stereocenters. The molecule has 1 saturated carbocycles. The number of aliphatic carboxylic acids is 1. The quantitative estimate of drug-likeness (QED) is 0.860. The molecule has 20 heavy (non-hydrogen) atoms. The van der Waals surface area contributed by atoms with Crippen molar-refractivity contribution in [2.45, 2.75) is 52.0 Å². The van der Waals surface area contributed by atoms with Crippen molar-refractivity contribution in [3.05, 3.63) is 17.5 Å². The fourth-order valence-corrected chi connectivity index (χ4v) is 2.75. The molecule has 1 amide bonds. The van der Waals surface area contributed by atoms with Crippen LogP contribution in [-0.2, 0) is 16.1 Å². The SMILES string of the molecule is Cc1cc(CNC(=O)CC2(C(=O)O)CCCCC2)on1. The molecule has 0 unspecified atom stereocenters. The first-order valence-electron chi connectivity index (χ1n) is 6.94. The molecule has 0 aromatic carbocycles. The van der Waals surface area contributed by atoms with Crippen molar-refractivity contribution in [3.8, 4) is 0 Å². The molecule has 0 spiro atoms. The Hall–Kier alpha value is -1.85. The zero-order chi connectivity index (χ0) is 14.6. The van der Waals surface area contributed by atoms with E-state index in [-0.39, 0.29) is 18.9 Å². The Morgan fingerprint density at radius 2 is 2.10 bits per heavy atom. The van der Waals surface area contributed by atoms with Crippen LogP contribution in [0.25, 0.3) is 0 Å². The minimum atomic E-state index is -0.889. The van der Waals surface area contributed by atoms with Gasteiger partial charge < -0.3 is 14.9 Å². The Balaban J connectivity index is 1.90.